The van der Waals surface area contributed by atoms with Crippen LogP contribution in [-0.2, 0) is 5.41 Å². The van der Waals surface area contributed by atoms with Gasteiger partial charge in [0.2, 0.25) is 0 Å². The van der Waals surface area contributed by atoms with E-state index in [0.29, 0.717) is 0 Å². The highest BCUT2D eigenvalue weighted by molar-refractivity contribution is 6.18. The van der Waals surface area contributed by atoms with Crippen molar-refractivity contribution in [3.63, 3.8) is 0 Å². The summed E-state index contributed by atoms with van der Waals surface area (Å²) < 4.78 is 0. The maximum atomic E-state index is 5.41. The number of nitrogens with zero attached hydrogens (tertiary/aromatic N) is 3. The summed E-state index contributed by atoms with van der Waals surface area (Å²) in [6.45, 7) is 4.67. The molecule has 4 heteroatoms. The average Bonchev–Trinajstić information content (AvgIpc) is 3.47. The minimum absolute atomic E-state index is 0.226. The predicted octanol–water partition coefficient (Wildman–Crippen LogP) is 12.5. The SMILES string of the molecule is CC1(C)c2cc(-c3nc(-c4ccc5ccccc5c4)c4ccccc4n3)ccc2-c2ccc(C3N=C(c4ccc5ccccc5c4)c4ccccc4N3)cc21. The molecule has 1 aliphatic carbocycles. The van der Waals surface area contributed by atoms with E-state index in [0.717, 1.165) is 61.6 Å². The van der Waals surface area contributed by atoms with Crippen LogP contribution in [0.3, 0.4) is 0 Å². The molecular formula is C51H36N4. The van der Waals surface area contributed by atoms with Crippen LogP contribution in [0.1, 0.15) is 47.8 Å². The maximum Gasteiger partial charge on any atom is 0.160 e. The lowest BCUT2D eigenvalue weighted by Gasteiger charge is -2.28. The molecule has 0 bridgehead atoms. The van der Waals surface area contributed by atoms with E-state index in [1.54, 1.807) is 0 Å². The largest absolute Gasteiger partial charge is 0.360 e. The molecule has 55 heavy (non-hydrogen) atoms. The Bertz CT molecular complexity index is 3060. The molecule has 11 rings (SSSR count). The van der Waals surface area contributed by atoms with Crippen molar-refractivity contribution in [3.05, 3.63) is 198 Å². The van der Waals surface area contributed by atoms with Gasteiger partial charge in [0.15, 0.2) is 5.82 Å². The second kappa shape index (κ2) is 12.1. The van der Waals surface area contributed by atoms with Gasteiger partial charge >= 0.3 is 0 Å². The van der Waals surface area contributed by atoms with E-state index in [1.165, 1.54) is 43.8 Å². The van der Waals surface area contributed by atoms with Gasteiger partial charge in [-0.3, -0.25) is 4.99 Å². The normalized spacial score (nSPS) is 15.3. The third kappa shape index (κ3) is 5.09. The first kappa shape index (κ1) is 31.6. The number of anilines is 1. The van der Waals surface area contributed by atoms with Gasteiger partial charge in [0, 0.05) is 38.7 Å². The second-order valence-electron chi connectivity index (χ2n) is 15.3. The number of fused-ring (bicyclic) bond motifs is 7. The molecule has 0 radical (unpaired) electrons. The van der Waals surface area contributed by atoms with E-state index in [-0.39, 0.29) is 11.6 Å². The Morgan fingerprint density at radius 2 is 1.11 bits per heavy atom. The molecule has 2 aliphatic rings. The number of aliphatic imine (C=N–C) groups is 1. The topological polar surface area (TPSA) is 50.2 Å². The van der Waals surface area contributed by atoms with Crippen LogP contribution in [-0.4, -0.2) is 15.7 Å². The number of rotatable bonds is 4. The third-order valence-electron chi connectivity index (χ3n) is 11.7. The zero-order valence-electron chi connectivity index (χ0n) is 30.6. The Balaban J connectivity index is 0.983. The maximum absolute atomic E-state index is 5.41. The number of nitrogens with one attached hydrogen (secondary N) is 1. The van der Waals surface area contributed by atoms with Crippen LogP contribution in [0, 0.1) is 0 Å². The van der Waals surface area contributed by atoms with E-state index in [9.17, 15) is 0 Å². The van der Waals surface area contributed by atoms with Crippen LogP contribution in [0.2, 0.25) is 0 Å². The highest BCUT2D eigenvalue weighted by Crippen LogP contribution is 2.50. The molecule has 1 N–H and O–H groups in total. The second-order valence-corrected chi connectivity index (χ2v) is 15.3. The number of benzene rings is 8. The fourth-order valence-corrected chi connectivity index (χ4v) is 8.74. The summed E-state index contributed by atoms with van der Waals surface area (Å²) in [4.78, 5) is 15.8. The van der Waals surface area contributed by atoms with E-state index < -0.39 is 0 Å². The lowest BCUT2D eigenvalue weighted by molar-refractivity contribution is 0.657. The van der Waals surface area contributed by atoms with Gasteiger partial charge in [-0.1, -0.05) is 153 Å². The Kier molecular flexibility index (Phi) is 6.93. The van der Waals surface area contributed by atoms with E-state index in [1.807, 2.05) is 0 Å². The Morgan fingerprint density at radius 1 is 0.491 bits per heavy atom. The summed E-state index contributed by atoms with van der Waals surface area (Å²) >= 11 is 0. The minimum Gasteiger partial charge on any atom is -0.360 e. The van der Waals surface area contributed by atoms with Crippen molar-refractivity contribution in [1.82, 2.24) is 9.97 Å². The van der Waals surface area contributed by atoms with E-state index in [2.05, 4.69) is 189 Å². The van der Waals surface area contributed by atoms with Crippen molar-refractivity contribution in [2.45, 2.75) is 25.4 Å². The van der Waals surface area contributed by atoms with Crippen LogP contribution in [0.25, 0.3) is 66.2 Å². The first-order chi connectivity index (χ1) is 27.0. The molecule has 0 fully saturated rings. The lowest BCUT2D eigenvalue weighted by Crippen LogP contribution is -2.21. The van der Waals surface area contributed by atoms with Crippen molar-refractivity contribution in [3.8, 4) is 33.8 Å². The molecule has 1 aliphatic heterocycles. The first-order valence-corrected chi connectivity index (χ1v) is 19.0. The average molecular weight is 705 g/mol. The van der Waals surface area contributed by atoms with Gasteiger partial charge in [0.05, 0.1) is 16.9 Å². The minimum atomic E-state index is -0.244. The fourth-order valence-electron chi connectivity index (χ4n) is 8.74. The molecule has 260 valence electrons. The van der Waals surface area contributed by atoms with E-state index in [4.69, 9.17) is 15.0 Å². The molecule has 2 heterocycles. The van der Waals surface area contributed by atoms with Crippen molar-refractivity contribution < 1.29 is 0 Å². The molecule has 0 saturated carbocycles. The van der Waals surface area contributed by atoms with Crippen LogP contribution >= 0.6 is 0 Å². The van der Waals surface area contributed by atoms with Crippen molar-refractivity contribution in [1.29, 1.82) is 0 Å². The van der Waals surface area contributed by atoms with Crippen molar-refractivity contribution >= 4 is 43.8 Å². The Morgan fingerprint density at radius 3 is 1.91 bits per heavy atom. The van der Waals surface area contributed by atoms with Gasteiger partial charge in [-0.15, -0.1) is 0 Å². The molecule has 4 nitrogen and oxygen atoms in total. The summed E-state index contributed by atoms with van der Waals surface area (Å²) in [6, 6.07) is 60.7. The summed E-state index contributed by atoms with van der Waals surface area (Å²) in [5.74, 6) is 0.734. The summed E-state index contributed by atoms with van der Waals surface area (Å²) in [5, 5.41) is 9.67. The molecule has 1 aromatic heterocycles. The quantitative estimate of drug-likeness (QED) is 0.198. The monoisotopic (exact) mass is 704 g/mol. The van der Waals surface area contributed by atoms with Gasteiger partial charge in [0.1, 0.15) is 6.17 Å². The van der Waals surface area contributed by atoms with Gasteiger partial charge < -0.3 is 5.32 Å². The molecule has 0 amide bonds. The molecule has 8 aromatic carbocycles. The zero-order chi connectivity index (χ0) is 36.7. The lowest BCUT2D eigenvalue weighted by atomic mass is 9.81. The number of para-hydroxylation sites is 2. The number of aromatic nitrogens is 2. The van der Waals surface area contributed by atoms with Crippen LogP contribution in [0.5, 0.6) is 0 Å². The van der Waals surface area contributed by atoms with Gasteiger partial charge in [-0.2, -0.15) is 0 Å². The fraction of sp³-hybridized carbons (Fsp3) is 0.0784. The summed E-state index contributed by atoms with van der Waals surface area (Å²) in [6.07, 6.45) is -0.226. The first-order valence-electron chi connectivity index (χ1n) is 19.0. The molecular weight excluding hydrogens is 669 g/mol. The van der Waals surface area contributed by atoms with E-state index >= 15 is 0 Å². The summed E-state index contributed by atoms with van der Waals surface area (Å²) in [5.41, 5.74) is 14.3. The molecule has 0 spiro atoms. The molecule has 0 saturated heterocycles. The highest BCUT2D eigenvalue weighted by Gasteiger charge is 2.37. The predicted molar refractivity (Wildman–Crippen MR) is 228 cm³/mol. The summed E-state index contributed by atoms with van der Waals surface area (Å²) in [7, 11) is 0. The van der Waals surface area contributed by atoms with Gasteiger partial charge in [0.25, 0.3) is 0 Å². The van der Waals surface area contributed by atoms with Crippen molar-refractivity contribution in [2.75, 3.05) is 5.32 Å². The number of hydrogen-bond acceptors (Lipinski definition) is 4. The van der Waals surface area contributed by atoms with Crippen LogP contribution in [0.15, 0.2) is 175 Å². The number of hydrogen-bond donors (Lipinski definition) is 1. The highest BCUT2D eigenvalue weighted by atomic mass is 15.1. The van der Waals surface area contributed by atoms with Gasteiger partial charge in [-0.25, -0.2) is 9.97 Å². The Labute approximate surface area is 319 Å². The van der Waals surface area contributed by atoms with Crippen molar-refractivity contribution in [2.24, 2.45) is 4.99 Å². The molecule has 1 unspecified atom stereocenters. The molecule has 9 aromatic rings. The Hall–Kier alpha value is -6.91. The molecule has 1 atom stereocenters. The smallest absolute Gasteiger partial charge is 0.160 e. The van der Waals surface area contributed by atoms with Gasteiger partial charge in [-0.05, 0) is 79.7 Å². The van der Waals surface area contributed by atoms with Crippen LogP contribution < -0.4 is 5.32 Å². The van der Waals surface area contributed by atoms with Crippen LogP contribution in [0.4, 0.5) is 5.69 Å². The standard InChI is InChI=1S/C51H36N4/c1-51(2)43-29-37(49-52-45-17-9-7-15-41(45)47(54-49)35-21-19-31-11-3-5-13-33(31)27-35)23-25-39(43)40-26-24-38(30-44(40)51)50-53-46-18-10-8-16-42(46)48(55-50)36-22-20-32-12-4-6-14-34(32)28-36/h3-30,49,52H,1-2H3. The third-order valence-corrected chi connectivity index (χ3v) is 11.7. The zero-order valence-corrected chi connectivity index (χ0v) is 30.6.